The highest BCUT2D eigenvalue weighted by molar-refractivity contribution is 5.21. The van der Waals surface area contributed by atoms with Crippen molar-refractivity contribution in [2.75, 3.05) is 5.73 Å². The summed E-state index contributed by atoms with van der Waals surface area (Å²) >= 11 is 0. The fraction of sp³-hybridized carbons (Fsp3) is 0.667. The minimum atomic E-state index is -2.47. The predicted molar refractivity (Wildman–Crippen MR) is 49.2 cm³/mol. The summed E-state index contributed by atoms with van der Waals surface area (Å²) in [7, 11) is 0. The molecule has 0 aliphatic heterocycles. The van der Waals surface area contributed by atoms with Gasteiger partial charge >= 0.3 is 0 Å². The summed E-state index contributed by atoms with van der Waals surface area (Å²) in [6.07, 6.45) is 2.60. The Labute approximate surface area is 80.7 Å². The van der Waals surface area contributed by atoms with Crippen molar-refractivity contribution in [3.8, 4) is 0 Å². The molecule has 3 nitrogen and oxygen atoms in total. The number of nitrogens with two attached hydrogens (primary N) is 1. The molecule has 0 unspecified atom stereocenters. The monoisotopic (exact) mass is 201 g/mol. The number of alkyl halides is 2. The minimum Gasteiger partial charge on any atom is -0.369 e. The van der Waals surface area contributed by atoms with Crippen LogP contribution in [0.2, 0.25) is 0 Å². The maximum absolute atomic E-state index is 12.8. The van der Waals surface area contributed by atoms with Crippen molar-refractivity contribution in [1.82, 2.24) is 9.97 Å². The normalized spacial score (nSPS) is 22.4. The largest absolute Gasteiger partial charge is 0.369 e. The van der Waals surface area contributed by atoms with Crippen molar-refractivity contribution in [2.24, 2.45) is 0 Å². The number of nitrogens with one attached hydrogen (secondary N) is 1. The average molecular weight is 201 g/mol. The van der Waals surface area contributed by atoms with Gasteiger partial charge in [0.25, 0.3) is 0 Å². The van der Waals surface area contributed by atoms with Gasteiger partial charge in [-0.25, -0.2) is 13.8 Å². The quantitative estimate of drug-likeness (QED) is 0.732. The summed E-state index contributed by atoms with van der Waals surface area (Å²) in [5, 5.41) is 0. The Morgan fingerprint density at radius 3 is 2.57 bits per heavy atom. The molecule has 14 heavy (non-hydrogen) atoms. The second kappa shape index (κ2) is 3.22. The molecule has 78 valence electrons. The zero-order valence-electron chi connectivity index (χ0n) is 7.76. The summed E-state index contributed by atoms with van der Waals surface area (Å²) in [6, 6.07) is 0. The van der Waals surface area contributed by atoms with Crippen LogP contribution in [0.5, 0.6) is 0 Å². The third-order valence-electron chi connectivity index (χ3n) is 2.77. The van der Waals surface area contributed by atoms with E-state index >= 15 is 0 Å². The fourth-order valence-electron chi connectivity index (χ4n) is 1.91. The maximum Gasteiger partial charge on any atom is 0.248 e. The lowest BCUT2D eigenvalue weighted by Gasteiger charge is -2.27. The van der Waals surface area contributed by atoms with E-state index in [1.807, 2.05) is 0 Å². The number of aromatic nitrogens is 2. The molecular formula is C9H13F2N3. The summed E-state index contributed by atoms with van der Waals surface area (Å²) in [5.74, 6) is -1.95. The van der Waals surface area contributed by atoms with Gasteiger partial charge in [-0.2, -0.15) is 0 Å². The molecule has 1 aliphatic rings. The van der Waals surface area contributed by atoms with Crippen LogP contribution in [-0.4, -0.2) is 15.9 Å². The van der Waals surface area contributed by atoms with E-state index in [0.717, 1.165) is 5.69 Å². The van der Waals surface area contributed by atoms with E-state index < -0.39 is 5.92 Å². The van der Waals surface area contributed by atoms with Crippen LogP contribution in [0.3, 0.4) is 0 Å². The van der Waals surface area contributed by atoms with E-state index in [0.29, 0.717) is 18.8 Å². The number of aromatic amines is 1. The number of imidazole rings is 1. The Morgan fingerprint density at radius 2 is 2.07 bits per heavy atom. The number of H-pyrrole nitrogens is 1. The van der Waals surface area contributed by atoms with Gasteiger partial charge < -0.3 is 10.7 Å². The van der Waals surface area contributed by atoms with E-state index in [1.54, 1.807) is 6.20 Å². The molecule has 1 aromatic heterocycles. The van der Waals surface area contributed by atoms with Crippen molar-refractivity contribution in [2.45, 2.75) is 37.5 Å². The third-order valence-corrected chi connectivity index (χ3v) is 2.77. The van der Waals surface area contributed by atoms with Gasteiger partial charge in [0.2, 0.25) is 5.92 Å². The topological polar surface area (TPSA) is 54.7 Å². The molecule has 0 saturated heterocycles. The van der Waals surface area contributed by atoms with E-state index in [9.17, 15) is 8.78 Å². The zero-order valence-corrected chi connectivity index (χ0v) is 7.76. The van der Waals surface area contributed by atoms with Crippen LogP contribution >= 0.6 is 0 Å². The number of nitrogen functional groups attached to an aromatic ring is 1. The lowest BCUT2D eigenvalue weighted by molar-refractivity contribution is -0.0384. The number of nitrogens with zero attached hydrogens (tertiary/aromatic N) is 1. The van der Waals surface area contributed by atoms with Crippen molar-refractivity contribution in [1.29, 1.82) is 0 Å². The molecule has 0 bridgehead atoms. The molecule has 0 amide bonds. The molecule has 1 saturated carbocycles. The van der Waals surface area contributed by atoms with Gasteiger partial charge in [0, 0.05) is 24.5 Å². The smallest absolute Gasteiger partial charge is 0.248 e. The molecule has 1 heterocycles. The predicted octanol–water partition coefficient (Wildman–Crippen LogP) is 2.28. The van der Waals surface area contributed by atoms with Crippen LogP contribution in [0.15, 0.2) is 6.20 Å². The highest BCUT2D eigenvalue weighted by atomic mass is 19.3. The first-order chi connectivity index (χ1) is 6.57. The Morgan fingerprint density at radius 1 is 1.43 bits per heavy atom. The van der Waals surface area contributed by atoms with Crippen LogP contribution in [0.4, 0.5) is 14.7 Å². The molecular weight excluding hydrogens is 188 g/mol. The molecule has 5 heteroatoms. The van der Waals surface area contributed by atoms with Crippen molar-refractivity contribution in [3.05, 3.63) is 11.9 Å². The zero-order chi connectivity index (χ0) is 10.2. The van der Waals surface area contributed by atoms with E-state index in [-0.39, 0.29) is 18.8 Å². The number of rotatable bonds is 1. The standard InChI is InChI=1S/C9H13F2N3/c10-9(11)3-1-6(2-4-9)7-5-13-8(12)14-7/h5-6H,1-4H2,(H3,12,13,14). The van der Waals surface area contributed by atoms with Gasteiger partial charge in [0.05, 0.1) is 6.20 Å². The summed E-state index contributed by atoms with van der Waals surface area (Å²) in [4.78, 5) is 6.76. The highest BCUT2D eigenvalue weighted by Crippen LogP contribution is 2.40. The van der Waals surface area contributed by atoms with Crippen molar-refractivity contribution >= 4 is 5.95 Å². The van der Waals surface area contributed by atoms with Crippen molar-refractivity contribution < 1.29 is 8.78 Å². The van der Waals surface area contributed by atoms with Gasteiger partial charge in [-0.05, 0) is 12.8 Å². The van der Waals surface area contributed by atoms with Crippen LogP contribution in [0.1, 0.15) is 37.3 Å². The lowest BCUT2D eigenvalue weighted by Crippen LogP contribution is -2.23. The number of hydrogen-bond acceptors (Lipinski definition) is 2. The first kappa shape index (κ1) is 9.43. The Hall–Kier alpha value is -1.13. The molecule has 0 spiro atoms. The average Bonchev–Trinajstić information content (AvgIpc) is 2.52. The summed E-state index contributed by atoms with van der Waals surface area (Å²) in [5.41, 5.74) is 6.31. The molecule has 0 radical (unpaired) electrons. The number of hydrogen-bond donors (Lipinski definition) is 2. The van der Waals surface area contributed by atoms with Gasteiger partial charge in [0.1, 0.15) is 0 Å². The van der Waals surface area contributed by atoms with Crippen LogP contribution in [-0.2, 0) is 0 Å². The number of anilines is 1. The molecule has 0 atom stereocenters. The van der Waals surface area contributed by atoms with E-state index in [4.69, 9.17) is 5.73 Å². The second-order valence-electron chi connectivity index (χ2n) is 3.85. The number of halogens is 2. The van der Waals surface area contributed by atoms with Crippen molar-refractivity contribution in [3.63, 3.8) is 0 Å². The summed E-state index contributed by atoms with van der Waals surface area (Å²) < 4.78 is 25.7. The maximum atomic E-state index is 12.8. The molecule has 2 rings (SSSR count). The fourth-order valence-corrected chi connectivity index (χ4v) is 1.91. The second-order valence-corrected chi connectivity index (χ2v) is 3.85. The third kappa shape index (κ3) is 1.86. The highest BCUT2D eigenvalue weighted by Gasteiger charge is 2.35. The Balaban J connectivity index is 2.02. The van der Waals surface area contributed by atoms with E-state index in [2.05, 4.69) is 9.97 Å². The molecule has 3 N–H and O–H groups in total. The van der Waals surface area contributed by atoms with Gasteiger partial charge in [-0.3, -0.25) is 0 Å². The first-order valence-electron chi connectivity index (χ1n) is 4.75. The van der Waals surface area contributed by atoms with E-state index in [1.165, 1.54) is 0 Å². The van der Waals surface area contributed by atoms with Gasteiger partial charge in [0.15, 0.2) is 5.95 Å². The molecule has 1 aromatic rings. The lowest BCUT2D eigenvalue weighted by atomic mass is 9.85. The van der Waals surface area contributed by atoms with Gasteiger partial charge in [-0.15, -0.1) is 0 Å². The van der Waals surface area contributed by atoms with Gasteiger partial charge in [-0.1, -0.05) is 0 Å². The Bertz CT molecular complexity index is 312. The molecule has 1 fully saturated rings. The SMILES string of the molecule is Nc1ncc(C2CCC(F)(F)CC2)[nH]1. The van der Waals surface area contributed by atoms with Crippen LogP contribution in [0.25, 0.3) is 0 Å². The van der Waals surface area contributed by atoms with Crippen LogP contribution in [0, 0.1) is 0 Å². The summed E-state index contributed by atoms with van der Waals surface area (Å²) in [6.45, 7) is 0. The molecule has 1 aliphatic carbocycles. The van der Waals surface area contributed by atoms with Crippen LogP contribution < -0.4 is 5.73 Å². The minimum absolute atomic E-state index is 0.0312. The first-order valence-corrected chi connectivity index (χ1v) is 4.75. The molecule has 0 aromatic carbocycles. The Kier molecular flexibility index (Phi) is 2.17.